The lowest BCUT2D eigenvalue weighted by Crippen LogP contribution is -2.16. The van der Waals surface area contributed by atoms with Gasteiger partial charge < -0.3 is 10.1 Å². The molecule has 2 aromatic carbocycles. The average Bonchev–Trinajstić information content (AvgIpc) is 3.43. The van der Waals surface area contributed by atoms with Crippen molar-refractivity contribution < 1.29 is 14.3 Å². The molecule has 184 valence electrons. The first-order valence-electron chi connectivity index (χ1n) is 11.2. The van der Waals surface area contributed by atoms with Crippen LogP contribution in [0.3, 0.4) is 0 Å². The summed E-state index contributed by atoms with van der Waals surface area (Å²) in [7, 11) is 1.34. The third kappa shape index (κ3) is 5.42. The normalized spacial score (nSPS) is 10.8. The number of methoxy groups -OCH3 is 1. The van der Waals surface area contributed by atoms with Gasteiger partial charge in [0.2, 0.25) is 5.91 Å². The summed E-state index contributed by atoms with van der Waals surface area (Å²) in [5, 5.41) is 12.7. The number of thiophene rings is 1. The van der Waals surface area contributed by atoms with Gasteiger partial charge in [0.05, 0.1) is 12.9 Å². The number of carbonyl (C=O) groups excluding carboxylic acids is 2. The van der Waals surface area contributed by atoms with E-state index in [2.05, 4.69) is 22.1 Å². The molecule has 0 atom stereocenters. The molecule has 2 aromatic heterocycles. The summed E-state index contributed by atoms with van der Waals surface area (Å²) in [4.78, 5) is 26.5. The zero-order valence-corrected chi connectivity index (χ0v) is 21.9. The Morgan fingerprint density at radius 2 is 1.86 bits per heavy atom. The highest BCUT2D eigenvalue weighted by Gasteiger charge is 2.25. The Morgan fingerprint density at radius 1 is 1.11 bits per heavy atom. The Bertz CT molecular complexity index is 1410. The van der Waals surface area contributed by atoms with Gasteiger partial charge in [0.25, 0.3) is 0 Å². The van der Waals surface area contributed by atoms with Crippen LogP contribution in [0.15, 0.2) is 72.4 Å². The van der Waals surface area contributed by atoms with Gasteiger partial charge in [0.1, 0.15) is 10.6 Å². The predicted molar refractivity (Wildman–Crippen MR) is 146 cm³/mol. The Balaban J connectivity index is 1.55. The molecule has 0 saturated heterocycles. The molecule has 1 amide bonds. The average molecular weight is 519 g/mol. The first-order chi connectivity index (χ1) is 17.4. The third-order valence-corrected chi connectivity index (χ3v) is 7.41. The lowest BCUT2D eigenvalue weighted by molar-refractivity contribution is -0.113. The Kier molecular flexibility index (Phi) is 8.02. The Hall–Kier alpha value is -3.69. The van der Waals surface area contributed by atoms with E-state index < -0.39 is 5.97 Å². The number of carbonyl (C=O) groups is 2. The molecule has 4 aromatic rings. The molecule has 7 nitrogen and oxygen atoms in total. The van der Waals surface area contributed by atoms with Crippen molar-refractivity contribution in [1.29, 1.82) is 0 Å². The second-order valence-corrected chi connectivity index (χ2v) is 10.2. The minimum Gasteiger partial charge on any atom is -0.465 e. The highest BCUT2D eigenvalue weighted by Crippen LogP contribution is 2.40. The van der Waals surface area contributed by atoms with Gasteiger partial charge in [-0.05, 0) is 25.5 Å². The number of hydrogen-bond donors (Lipinski definition) is 1. The Morgan fingerprint density at radius 3 is 2.56 bits per heavy atom. The van der Waals surface area contributed by atoms with Crippen LogP contribution in [0.1, 0.15) is 20.8 Å². The maximum atomic E-state index is 12.9. The van der Waals surface area contributed by atoms with Gasteiger partial charge in [0, 0.05) is 22.5 Å². The fourth-order valence-corrected chi connectivity index (χ4v) is 5.69. The fraction of sp³-hybridized carbons (Fsp3) is 0.185. The molecule has 0 spiro atoms. The summed E-state index contributed by atoms with van der Waals surface area (Å²) in [5.41, 5.74) is 4.09. The van der Waals surface area contributed by atoms with Crippen LogP contribution in [0.25, 0.3) is 22.5 Å². The summed E-state index contributed by atoms with van der Waals surface area (Å²) in [6.45, 7) is 8.30. The van der Waals surface area contributed by atoms with Crippen molar-refractivity contribution in [2.75, 3.05) is 18.2 Å². The van der Waals surface area contributed by atoms with Crippen LogP contribution < -0.4 is 5.32 Å². The van der Waals surface area contributed by atoms with Gasteiger partial charge in [-0.3, -0.25) is 9.36 Å². The molecule has 0 aliphatic rings. The zero-order valence-electron chi connectivity index (χ0n) is 20.3. The minimum absolute atomic E-state index is 0.0985. The molecule has 0 radical (unpaired) electrons. The summed E-state index contributed by atoms with van der Waals surface area (Å²) in [6.07, 6.45) is 1.77. The Labute approximate surface area is 218 Å². The molecule has 2 heterocycles. The lowest BCUT2D eigenvalue weighted by atomic mass is 10.0. The van der Waals surface area contributed by atoms with Crippen molar-refractivity contribution >= 4 is 40.0 Å². The third-order valence-electron chi connectivity index (χ3n) is 5.43. The second kappa shape index (κ2) is 11.4. The summed E-state index contributed by atoms with van der Waals surface area (Å²) < 4.78 is 6.97. The molecule has 36 heavy (non-hydrogen) atoms. The van der Waals surface area contributed by atoms with Gasteiger partial charge in [-0.15, -0.1) is 28.1 Å². The topological polar surface area (TPSA) is 86.1 Å². The van der Waals surface area contributed by atoms with Gasteiger partial charge in [-0.25, -0.2) is 4.79 Å². The van der Waals surface area contributed by atoms with Gasteiger partial charge >= 0.3 is 5.97 Å². The van der Waals surface area contributed by atoms with Gasteiger partial charge in [-0.2, -0.15) is 0 Å². The smallest absolute Gasteiger partial charge is 0.341 e. The van der Waals surface area contributed by atoms with E-state index >= 15 is 0 Å². The monoisotopic (exact) mass is 518 g/mol. The maximum absolute atomic E-state index is 12.9. The molecule has 1 N–H and O–H groups in total. The highest BCUT2D eigenvalue weighted by molar-refractivity contribution is 7.99. The molecule has 0 aliphatic heterocycles. The van der Waals surface area contributed by atoms with Crippen LogP contribution in [-0.4, -0.2) is 39.5 Å². The summed E-state index contributed by atoms with van der Waals surface area (Å²) >= 11 is 2.63. The molecular formula is C27H26N4O3S2. The van der Waals surface area contributed by atoms with Gasteiger partial charge in [-0.1, -0.05) is 71.9 Å². The number of amides is 1. The summed E-state index contributed by atoms with van der Waals surface area (Å²) in [5.74, 6) is 0.0724. The standard InChI is InChI=1S/C27H26N4O3S2/c1-5-14-31-24(20-13-9-10-17(2)15-20)29-30-27(31)35-16-21(32)28-25-23(26(33)34-4)22(18(3)36-25)19-11-7-6-8-12-19/h5-13,15H,1,14,16H2,2-4H3,(H,28,32). The SMILES string of the molecule is C=CCn1c(SCC(=O)Nc2sc(C)c(-c3ccccc3)c2C(=O)OC)nnc1-c1cccc(C)c1. The number of thioether (sulfide) groups is 1. The molecule has 4 rings (SSSR count). The number of rotatable bonds is 9. The molecule has 0 bridgehead atoms. The van der Waals surface area contributed by atoms with Gasteiger partial charge in [0.15, 0.2) is 11.0 Å². The van der Waals surface area contributed by atoms with Crippen LogP contribution in [0.2, 0.25) is 0 Å². The largest absolute Gasteiger partial charge is 0.465 e. The van der Waals surface area contributed by atoms with E-state index in [0.29, 0.717) is 22.3 Å². The van der Waals surface area contributed by atoms with E-state index in [1.165, 1.54) is 30.2 Å². The van der Waals surface area contributed by atoms with Crippen LogP contribution in [-0.2, 0) is 16.1 Å². The van der Waals surface area contributed by atoms with Crippen molar-refractivity contribution in [1.82, 2.24) is 14.8 Å². The van der Waals surface area contributed by atoms with Crippen LogP contribution >= 0.6 is 23.1 Å². The number of benzene rings is 2. The van der Waals surface area contributed by atoms with Crippen molar-refractivity contribution in [2.24, 2.45) is 0 Å². The van der Waals surface area contributed by atoms with Crippen molar-refractivity contribution in [3.05, 3.63) is 83.3 Å². The van der Waals surface area contributed by atoms with E-state index in [1.54, 1.807) is 6.08 Å². The lowest BCUT2D eigenvalue weighted by Gasteiger charge is -2.09. The van der Waals surface area contributed by atoms with E-state index in [0.717, 1.165) is 33.0 Å². The van der Waals surface area contributed by atoms with E-state index in [-0.39, 0.29) is 11.7 Å². The highest BCUT2D eigenvalue weighted by atomic mass is 32.2. The second-order valence-electron chi connectivity index (χ2n) is 8.01. The molecular weight excluding hydrogens is 492 g/mol. The number of nitrogens with one attached hydrogen (secondary N) is 1. The van der Waals surface area contributed by atoms with Crippen molar-refractivity contribution in [2.45, 2.75) is 25.5 Å². The maximum Gasteiger partial charge on any atom is 0.341 e. The quantitative estimate of drug-likeness (QED) is 0.166. The molecule has 0 saturated carbocycles. The summed E-state index contributed by atoms with van der Waals surface area (Å²) in [6, 6.07) is 17.6. The minimum atomic E-state index is -0.491. The van der Waals surface area contributed by atoms with Crippen LogP contribution in [0.4, 0.5) is 5.00 Å². The first kappa shape index (κ1) is 25.4. The van der Waals surface area contributed by atoms with Crippen LogP contribution in [0.5, 0.6) is 0 Å². The van der Waals surface area contributed by atoms with Crippen molar-refractivity contribution in [3.8, 4) is 22.5 Å². The number of hydrogen-bond acceptors (Lipinski definition) is 7. The number of allylic oxidation sites excluding steroid dienone is 1. The van der Waals surface area contributed by atoms with Crippen LogP contribution in [0, 0.1) is 13.8 Å². The number of esters is 1. The molecule has 0 unspecified atom stereocenters. The van der Waals surface area contributed by atoms with E-state index in [9.17, 15) is 9.59 Å². The van der Waals surface area contributed by atoms with Crippen molar-refractivity contribution in [3.63, 3.8) is 0 Å². The number of aryl methyl sites for hydroxylation is 2. The van der Waals surface area contributed by atoms with E-state index in [1.807, 2.05) is 73.0 Å². The molecule has 9 heteroatoms. The number of aromatic nitrogens is 3. The number of ether oxygens (including phenoxy) is 1. The number of anilines is 1. The molecule has 0 aliphatic carbocycles. The predicted octanol–water partition coefficient (Wildman–Crippen LogP) is 5.99. The molecule has 0 fully saturated rings. The zero-order chi connectivity index (χ0) is 25.7. The fourth-order valence-electron chi connectivity index (χ4n) is 3.86. The first-order valence-corrected chi connectivity index (χ1v) is 13.0. The van der Waals surface area contributed by atoms with E-state index in [4.69, 9.17) is 4.74 Å². The number of nitrogens with zero attached hydrogens (tertiary/aromatic N) is 3.